The first-order chi connectivity index (χ1) is 24.6. The number of nitrogens with zero attached hydrogens (tertiary/aromatic N) is 4. The highest BCUT2D eigenvalue weighted by Gasteiger charge is 2.27. The van der Waals surface area contributed by atoms with E-state index in [0.29, 0.717) is 23.6 Å². The third-order valence-electron chi connectivity index (χ3n) is 8.50. The highest BCUT2D eigenvalue weighted by atomic mass is 19.1. The molecule has 11 nitrogen and oxygen atoms in total. The minimum absolute atomic E-state index is 0.0511. The molecule has 2 aromatic heterocycles. The summed E-state index contributed by atoms with van der Waals surface area (Å²) in [6.45, 7) is 13.8. The number of halogens is 1. The Bertz CT molecular complexity index is 1760. The van der Waals surface area contributed by atoms with Crippen molar-refractivity contribution in [3.8, 4) is 5.75 Å². The number of aromatic nitrogens is 2. The normalized spacial score (nSPS) is 13.7. The molecule has 0 radical (unpaired) electrons. The van der Waals surface area contributed by atoms with Crippen LogP contribution in [0.15, 0.2) is 66.9 Å². The van der Waals surface area contributed by atoms with Crippen molar-refractivity contribution in [2.45, 2.75) is 59.3 Å². The van der Waals surface area contributed by atoms with Gasteiger partial charge in [0.05, 0.1) is 24.5 Å². The number of nitrogens with one attached hydrogen (secondary N) is 2. The van der Waals surface area contributed by atoms with Crippen LogP contribution in [0.25, 0.3) is 10.9 Å². The molecular formula is C39H49FN6O5. The van der Waals surface area contributed by atoms with E-state index >= 15 is 0 Å². The first kappa shape index (κ1) is 37.6. The Kier molecular flexibility index (Phi) is 13.3. The number of carbonyl (C=O) groups is 2. The molecule has 0 bridgehead atoms. The van der Waals surface area contributed by atoms with Gasteiger partial charge in [0.1, 0.15) is 23.8 Å². The van der Waals surface area contributed by atoms with Gasteiger partial charge in [-0.2, -0.15) is 0 Å². The molecule has 3 heterocycles. The minimum atomic E-state index is -0.662. The number of esters is 1. The maximum atomic E-state index is 14.1. The van der Waals surface area contributed by atoms with E-state index < -0.39 is 17.7 Å². The summed E-state index contributed by atoms with van der Waals surface area (Å²) in [6.07, 6.45) is 3.82. The molecule has 1 amide bonds. The Morgan fingerprint density at radius 1 is 0.980 bits per heavy atom. The summed E-state index contributed by atoms with van der Waals surface area (Å²) >= 11 is 0. The lowest BCUT2D eigenvalue weighted by Gasteiger charge is -2.36. The monoisotopic (exact) mass is 700 g/mol. The number of amides is 1. The van der Waals surface area contributed by atoms with E-state index in [9.17, 15) is 14.0 Å². The first-order valence-corrected chi connectivity index (χ1v) is 17.6. The van der Waals surface area contributed by atoms with Crippen molar-refractivity contribution in [2.24, 2.45) is 0 Å². The van der Waals surface area contributed by atoms with E-state index in [-0.39, 0.29) is 42.4 Å². The summed E-state index contributed by atoms with van der Waals surface area (Å²) < 4.78 is 31.3. The van der Waals surface area contributed by atoms with E-state index in [4.69, 9.17) is 19.2 Å². The number of unbranched alkanes of at least 4 members (excludes halogenated alkanes) is 1. The molecule has 5 rings (SSSR count). The maximum Gasteiger partial charge on any atom is 0.338 e. The number of piperazine rings is 1. The van der Waals surface area contributed by atoms with Gasteiger partial charge in [0.2, 0.25) is 0 Å². The lowest BCUT2D eigenvalue weighted by Crippen LogP contribution is -2.47. The molecule has 4 aromatic rings. The number of ether oxygens (including phenoxy) is 3. The number of fused-ring (bicyclic) bond motifs is 1. The van der Waals surface area contributed by atoms with Crippen LogP contribution in [0.4, 0.5) is 10.2 Å². The second-order valence-electron chi connectivity index (χ2n) is 13.4. The van der Waals surface area contributed by atoms with Crippen LogP contribution in [0, 0.1) is 5.82 Å². The van der Waals surface area contributed by atoms with Gasteiger partial charge >= 0.3 is 5.97 Å². The standard InChI is InChI=1S/C39H49FN6O5/c1-5-49-38(48)32-24-30(40)16-15-29(32)25-43-37(47)34-35(50-26-28-12-7-6-8-13-28)33-31(14-11-18-42-33)36(44-34)46-22-20-45(21-23-46)19-10-9-17-41-27-51-39(2,3)4/h6-8,11-16,18,24,41H,5,9-10,17,19-23,25-27H2,1-4H3,(H,43,47). The van der Waals surface area contributed by atoms with Gasteiger partial charge in [-0.05, 0) is 89.0 Å². The lowest BCUT2D eigenvalue weighted by molar-refractivity contribution is -0.0131. The van der Waals surface area contributed by atoms with E-state index in [0.717, 1.165) is 69.1 Å². The molecule has 0 atom stereocenters. The molecule has 2 aromatic carbocycles. The molecule has 12 heteroatoms. The maximum absolute atomic E-state index is 14.1. The number of anilines is 1. The molecule has 0 unspecified atom stereocenters. The summed E-state index contributed by atoms with van der Waals surface area (Å²) in [5.74, 6) is -0.820. The quantitative estimate of drug-likeness (QED) is 0.0854. The molecule has 1 aliphatic rings. The van der Waals surface area contributed by atoms with Crippen molar-refractivity contribution in [2.75, 3.05) is 57.5 Å². The van der Waals surface area contributed by atoms with Crippen LogP contribution in [0.1, 0.15) is 72.5 Å². The summed E-state index contributed by atoms with van der Waals surface area (Å²) in [6, 6.07) is 17.3. The van der Waals surface area contributed by atoms with Crippen LogP contribution in [0.2, 0.25) is 0 Å². The minimum Gasteiger partial charge on any atom is -0.484 e. The fourth-order valence-electron chi connectivity index (χ4n) is 5.83. The Hall–Kier alpha value is -4.65. The molecule has 272 valence electrons. The largest absolute Gasteiger partial charge is 0.484 e. The predicted octanol–water partition coefficient (Wildman–Crippen LogP) is 5.72. The predicted molar refractivity (Wildman–Crippen MR) is 195 cm³/mol. The molecule has 0 saturated carbocycles. The number of pyridine rings is 2. The van der Waals surface area contributed by atoms with Gasteiger partial charge in [0.15, 0.2) is 11.4 Å². The van der Waals surface area contributed by atoms with Crippen molar-refractivity contribution < 1.29 is 28.2 Å². The van der Waals surface area contributed by atoms with Gasteiger partial charge < -0.3 is 24.4 Å². The van der Waals surface area contributed by atoms with Crippen molar-refractivity contribution >= 4 is 28.6 Å². The molecule has 1 saturated heterocycles. The third-order valence-corrected chi connectivity index (χ3v) is 8.50. The number of carbonyl (C=O) groups excluding carboxylic acids is 2. The topological polar surface area (TPSA) is 118 Å². The zero-order valence-electron chi connectivity index (χ0n) is 30.0. The number of benzene rings is 2. The highest BCUT2D eigenvalue weighted by molar-refractivity contribution is 6.04. The van der Waals surface area contributed by atoms with Gasteiger partial charge in [-0.1, -0.05) is 36.4 Å². The smallest absolute Gasteiger partial charge is 0.338 e. The van der Waals surface area contributed by atoms with Crippen LogP contribution >= 0.6 is 0 Å². The molecule has 1 fully saturated rings. The van der Waals surface area contributed by atoms with Crippen molar-refractivity contribution in [1.29, 1.82) is 0 Å². The van der Waals surface area contributed by atoms with Crippen LogP contribution in [0.5, 0.6) is 5.75 Å². The molecule has 0 aliphatic carbocycles. The van der Waals surface area contributed by atoms with Crippen molar-refractivity contribution in [1.82, 2.24) is 25.5 Å². The third kappa shape index (κ3) is 10.7. The van der Waals surface area contributed by atoms with E-state index in [1.54, 1.807) is 13.1 Å². The van der Waals surface area contributed by atoms with E-state index in [1.165, 1.54) is 12.1 Å². The average Bonchev–Trinajstić information content (AvgIpc) is 3.13. The molecule has 2 N–H and O–H groups in total. The average molecular weight is 701 g/mol. The fourth-order valence-corrected chi connectivity index (χ4v) is 5.83. The summed E-state index contributed by atoms with van der Waals surface area (Å²) in [7, 11) is 0. The Balaban J connectivity index is 1.33. The van der Waals surface area contributed by atoms with Gasteiger partial charge in [0, 0.05) is 44.3 Å². The molecule has 0 spiro atoms. The van der Waals surface area contributed by atoms with E-state index in [2.05, 4.69) is 25.4 Å². The van der Waals surface area contributed by atoms with Crippen molar-refractivity contribution in [3.63, 3.8) is 0 Å². The second kappa shape index (κ2) is 18.0. The fraction of sp³-hybridized carbons (Fsp3) is 0.436. The summed E-state index contributed by atoms with van der Waals surface area (Å²) in [5, 5.41) is 7.02. The van der Waals surface area contributed by atoms with Crippen LogP contribution < -0.4 is 20.3 Å². The van der Waals surface area contributed by atoms with Crippen LogP contribution in [0.3, 0.4) is 0 Å². The van der Waals surface area contributed by atoms with Gasteiger partial charge in [0.25, 0.3) is 5.91 Å². The first-order valence-electron chi connectivity index (χ1n) is 17.6. The Morgan fingerprint density at radius 2 is 1.76 bits per heavy atom. The van der Waals surface area contributed by atoms with Crippen LogP contribution in [-0.2, 0) is 22.6 Å². The zero-order chi connectivity index (χ0) is 36.2. The van der Waals surface area contributed by atoms with Crippen molar-refractivity contribution in [3.05, 3.63) is 95.1 Å². The molecule has 1 aliphatic heterocycles. The Morgan fingerprint density at radius 3 is 2.51 bits per heavy atom. The number of rotatable bonds is 16. The lowest BCUT2D eigenvalue weighted by atomic mass is 10.1. The zero-order valence-corrected chi connectivity index (χ0v) is 30.0. The van der Waals surface area contributed by atoms with Gasteiger partial charge in [-0.3, -0.25) is 20.0 Å². The van der Waals surface area contributed by atoms with Gasteiger partial charge in [-0.15, -0.1) is 0 Å². The van der Waals surface area contributed by atoms with Gasteiger partial charge in [-0.25, -0.2) is 14.2 Å². The summed E-state index contributed by atoms with van der Waals surface area (Å²) in [4.78, 5) is 40.9. The molecule has 51 heavy (non-hydrogen) atoms. The number of hydrogen-bond donors (Lipinski definition) is 2. The Labute approximate surface area is 299 Å². The second-order valence-corrected chi connectivity index (χ2v) is 13.4. The number of hydrogen-bond acceptors (Lipinski definition) is 10. The summed E-state index contributed by atoms with van der Waals surface area (Å²) in [5.41, 5.74) is 1.85. The van der Waals surface area contributed by atoms with Crippen LogP contribution in [-0.4, -0.2) is 85.0 Å². The molecular weight excluding hydrogens is 651 g/mol. The van der Waals surface area contributed by atoms with E-state index in [1.807, 2.05) is 63.2 Å². The SMILES string of the molecule is CCOC(=O)c1cc(F)ccc1CNC(=O)c1nc(N2CCN(CCCCNCOC(C)(C)C)CC2)c2cccnc2c1OCc1ccccc1. The highest BCUT2D eigenvalue weighted by Crippen LogP contribution is 2.34.